The number of anilines is 1. The maximum absolute atomic E-state index is 11.8. The normalized spacial score (nSPS) is 11.8. The van der Waals surface area contributed by atoms with Gasteiger partial charge in [-0.15, -0.1) is 0 Å². The number of benzene rings is 1. The van der Waals surface area contributed by atoms with Crippen LogP contribution < -0.4 is 10.6 Å². The van der Waals surface area contributed by atoms with Gasteiger partial charge >= 0.3 is 11.8 Å². The molecule has 5 nitrogen and oxygen atoms in total. The van der Waals surface area contributed by atoms with Gasteiger partial charge in [0.25, 0.3) is 0 Å². The van der Waals surface area contributed by atoms with Crippen molar-refractivity contribution in [3.63, 3.8) is 0 Å². The standard InChI is InChI=1S/C16H24N2O3/c1-4-12-6-7-14(10-13(12)5-2)18-16(21)15(20)17-11(3)8-9-19/h6-7,10-11,19H,4-5,8-9H2,1-3H3,(H,17,20)(H,18,21). The van der Waals surface area contributed by atoms with E-state index in [-0.39, 0.29) is 12.6 Å². The summed E-state index contributed by atoms with van der Waals surface area (Å²) >= 11 is 0. The minimum Gasteiger partial charge on any atom is -0.396 e. The fourth-order valence-corrected chi connectivity index (χ4v) is 2.12. The number of aryl methyl sites for hydroxylation is 2. The molecule has 0 aromatic heterocycles. The van der Waals surface area contributed by atoms with Gasteiger partial charge in [0.1, 0.15) is 0 Å². The fraction of sp³-hybridized carbons (Fsp3) is 0.500. The number of aliphatic hydroxyl groups excluding tert-OH is 1. The number of nitrogens with one attached hydrogen (secondary N) is 2. The molecular weight excluding hydrogens is 268 g/mol. The van der Waals surface area contributed by atoms with Crippen LogP contribution in [0.5, 0.6) is 0 Å². The minimum atomic E-state index is -0.689. The van der Waals surface area contributed by atoms with E-state index in [9.17, 15) is 9.59 Å². The molecule has 0 saturated heterocycles. The maximum Gasteiger partial charge on any atom is 0.313 e. The fourth-order valence-electron chi connectivity index (χ4n) is 2.12. The molecular formula is C16H24N2O3. The zero-order valence-electron chi connectivity index (χ0n) is 12.9. The quantitative estimate of drug-likeness (QED) is 0.697. The van der Waals surface area contributed by atoms with Crippen LogP contribution >= 0.6 is 0 Å². The molecule has 5 heteroatoms. The number of carbonyl (C=O) groups excluding carboxylic acids is 2. The molecule has 0 aliphatic heterocycles. The summed E-state index contributed by atoms with van der Waals surface area (Å²) in [5.41, 5.74) is 3.04. The lowest BCUT2D eigenvalue weighted by molar-refractivity contribution is -0.136. The van der Waals surface area contributed by atoms with Gasteiger partial charge in [-0.1, -0.05) is 19.9 Å². The lowest BCUT2D eigenvalue weighted by atomic mass is 10.0. The molecule has 0 aliphatic rings. The van der Waals surface area contributed by atoms with Crippen molar-refractivity contribution in [1.29, 1.82) is 0 Å². The molecule has 2 amide bonds. The number of hydrogen-bond donors (Lipinski definition) is 3. The Balaban J connectivity index is 2.68. The Bertz CT molecular complexity index is 500. The molecule has 0 radical (unpaired) electrons. The van der Waals surface area contributed by atoms with E-state index in [4.69, 9.17) is 5.11 Å². The lowest BCUT2D eigenvalue weighted by Crippen LogP contribution is -2.40. The van der Waals surface area contributed by atoms with Gasteiger partial charge in [0.15, 0.2) is 0 Å². The zero-order chi connectivity index (χ0) is 15.8. The Morgan fingerprint density at radius 2 is 1.81 bits per heavy atom. The molecule has 0 heterocycles. The summed E-state index contributed by atoms with van der Waals surface area (Å²) in [4.78, 5) is 23.5. The van der Waals surface area contributed by atoms with E-state index >= 15 is 0 Å². The highest BCUT2D eigenvalue weighted by Crippen LogP contribution is 2.17. The minimum absolute atomic E-state index is 0.0264. The first-order valence-electron chi connectivity index (χ1n) is 7.36. The highest BCUT2D eigenvalue weighted by molar-refractivity contribution is 6.39. The van der Waals surface area contributed by atoms with E-state index in [0.717, 1.165) is 12.8 Å². The highest BCUT2D eigenvalue weighted by Gasteiger charge is 2.16. The summed E-state index contributed by atoms with van der Waals surface area (Å²) in [5.74, 6) is -1.38. The summed E-state index contributed by atoms with van der Waals surface area (Å²) in [6, 6.07) is 5.45. The molecule has 3 N–H and O–H groups in total. The molecule has 1 unspecified atom stereocenters. The van der Waals surface area contributed by atoms with Crippen LogP contribution in [-0.2, 0) is 22.4 Å². The van der Waals surface area contributed by atoms with Crippen LogP contribution in [0.4, 0.5) is 5.69 Å². The van der Waals surface area contributed by atoms with Crippen molar-refractivity contribution in [3.05, 3.63) is 29.3 Å². The van der Waals surface area contributed by atoms with E-state index in [0.29, 0.717) is 12.1 Å². The van der Waals surface area contributed by atoms with E-state index < -0.39 is 11.8 Å². The van der Waals surface area contributed by atoms with Gasteiger partial charge in [0, 0.05) is 18.3 Å². The molecule has 0 spiro atoms. The molecule has 1 atom stereocenters. The summed E-state index contributed by atoms with van der Waals surface area (Å²) in [6.07, 6.45) is 2.24. The topological polar surface area (TPSA) is 78.4 Å². The lowest BCUT2D eigenvalue weighted by Gasteiger charge is -2.13. The number of carbonyl (C=O) groups is 2. The monoisotopic (exact) mass is 292 g/mol. The molecule has 1 aromatic rings. The second-order valence-corrected chi connectivity index (χ2v) is 5.03. The van der Waals surface area contributed by atoms with E-state index in [2.05, 4.69) is 24.5 Å². The van der Waals surface area contributed by atoms with Gasteiger partial charge in [-0.3, -0.25) is 9.59 Å². The predicted octanol–water partition coefficient (Wildman–Crippen LogP) is 1.64. The molecule has 0 saturated carbocycles. The van der Waals surface area contributed by atoms with Crippen LogP contribution in [0.25, 0.3) is 0 Å². The third-order valence-electron chi connectivity index (χ3n) is 3.37. The first-order valence-corrected chi connectivity index (χ1v) is 7.36. The summed E-state index contributed by atoms with van der Waals surface area (Å²) in [5, 5.41) is 13.9. The summed E-state index contributed by atoms with van der Waals surface area (Å²) in [6.45, 7) is 5.86. The summed E-state index contributed by atoms with van der Waals surface area (Å²) < 4.78 is 0. The molecule has 21 heavy (non-hydrogen) atoms. The van der Waals surface area contributed by atoms with Crippen LogP contribution in [0.15, 0.2) is 18.2 Å². The van der Waals surface area contributed by atoms with Gasteiger partial charge in [0.2, 0.25) is 0 Å². The molecule has 0 fully saturated rings. The first-order chi connectivity index (χ1) is 10.0. The number of aliphatic hydroxyl groups is 1. The molecule has 1 rings (SSSR count). The van der Waals surface area contributed by atoms with E-state index in [1.54, 1.807) is 13.0 Å². The van der Waals surface area contributed by atoms with Gasteiger partial charge in [-0.25, -0.2) is 0 Å². The SMILES string of the molecule is CCc1ccc(NC(=O)C(=O)NC(C)CCO)cc1CC. The first kappa shape index (κ1) is 17.2. The maximum atomic E-state index is 11.8. The molecule has 1 aromatic carbocycles. The Hall–Kier alpha value is -1.88. The van der Waals surface area contributed by atoms with Crippen molar-refractivity contribution in [2.24, 2.45) is 0 Å². The van der Waals surface area contributed by atoms with Crippen LogP contribution in [-0.4, -0.2) is 29.6 Å². The van der Waals surface area contributed by atoms with Crippen LogP contribution in [0.3, 0.4) is 0 Å². The average molecular weight is 292 g/mol. The van der Waals surface area contributed by atoms with Gasteiger partial charge < -0.3 is 15.7 Å². The van der Waals surface area contributed by atoms with Crippen LogP contribution in [0.1, 0.15) is 38.3 Å². The number of hydrogen-bond acceptors (Lipinski definition) is 3. The Labute approximate surface area is 125 Å². The predicted molar refractivity (Wildman–Crippen MR) is 83.1 cm³/mol. The van der Waals surface area contributed by atoms with Crippen molar-refractivity contribution in [1.82, 2.24) is 5.32 Å². The molecule has 0 aliphatic carbocycles. The van der Waals surface area contributed by atoms with Gasteiger partial charge in [0.05, 0.1) is 0 Å². The summed E-state index contributed by atoms with van der Waals surface area (Å²) in [7, 11) is 0. The van der Waals surface area contributed by atoms with Gasteiger partial charge in [-0.2, -0.15) is 0 Å². The number of amides is 2. The smallest absolute Gasteiger partial charge is 0.313 e. The molecule has 116 valence electrons. The molecule has 0 bridgehead atoms. The second-order valence-electron chi connectivity index (χ2n) is 5.03. The largest absolute Gasteiger partial charge is 0.396 e. The van der Waals surface area contributed by atoms with Crippen LogP contribution in [0.2, 0.25) is 0 Å². The van der Waals surface area contributed by atoms with Gasteiger partial charge in [-0.05, 0) is 49.4 Å². The second kappa shape index (κ2) is 8.42. The van der Waals surface area contributed by atoms with Crippen molar-refractivity contribution in [3.8, 4) is 0 Å². The van der Waals surface area contributed by atoms with Crippen molar-refractivity contribution >= 4 is 17.5 Å². The van der Waals surface area contributed by atoms with E-state index in [1.807, 2.05) is 12.1 Å². The van der Waals surface area contributed by atoms with Crippen molar-refractivity contribution < 1.29 is 14.7 Å². The third kappa shape index (κ3) is 5.19. The Morgan fingerprint density at radius 3 is 2.38 bits per heavy atom. The van der Waals surface area contributed by atoms with Crippen LogP contribution in [0, 0.1) is 0 Å². The third-order valence-corrected chi connectivity index (χ3v) is 3.37. The average Bonchev–Trinajstić information content (AvgIpc) is 2.47. The van der Waals surface area contributed by atoms with Crippen molar-refractivity contribution in [2.45, 2.75) is 46.1 Å². The number of rotatable bonds is 6. The Morgan fingerprint density at radius 1 is 1.14 bits per heavy atom. The van der Waals surface area contributed by atoms with E-state index in [1.165, 1.54) is 11.1 Å². The van der Waals surface area contributed by atoms with Crippen molar-refractivity contribution in [2.75, 3.05) is 11.9 Å². The zero-order valence-corrected chi connectivity index (χ0v) is 12.9. The Kier molecular flexibility index (Phi) is 6.88. The highest BCUT2D eigenvalue weighted by atomic mass is 16.3.